The van der Waals surface area contributed by atoms with Crippen LogP contribution in [-0.4, -0.2) is 35.6 Å². The predicted molar refractivity (Wildman–Crippen MR) is 78.9 cm³/mol. The number of nitrogens with zero attached hydrogens (tertiary/aromatic N) is 1. The molecule has 1 N–H and O–H groups in total. The zero-order valence-electron chi connectivity index (χ0n) is 12.0. The summed E-state index contributed by atoms with van der Waals surface area (Å²) in [4.78, 5) is 25.6. The van der Waals surface area contributed by atoms with Gasteiger partial charge in [-0.3, -0.25) is 4.79 Å². The molecule has 5 nitrogen and oxygen atoms in total. The molecule has 20 heavy (non-hydrogen) atoms. The molecule has 1 aromatic heterocycles. The molecule has 1 saturated heterocycles. The van der Waals surface area contributed by atoms with E-state index in [1.807, 2.05) is 37.6 Å². The summed E-state index contributed by atoms with van der Waals surface area (Å²) in [6.07, 6.45) is 0.332. The lowest BCUT2D eigenvalue weighted by Gasteiger charge is -2.24. The van der Waals surface area contributed by atoms with Gasteiger partial charge in [-0.15, -0.1) is 0 Å². The summed E-state index contributed by atoms with van der Waals surface area (Å²) >= 11 is 1.54. The molecule has 0 saturated carbocycles. The smallest absolute Gasteiger partial charge is 0.410 e. The lowest BCUT2D eigenvalue weighted by molar-refractivity contribution is -0.119. The summed E-state index contributed by atoms with van der Waals surface area (Å²) in [5, 5.41) is 6.67. The van der Waals surface area contributed by atoms with Gasteiger partial charge in [-0.05, 0) is 38.6 Å². The van der Waals surface area contributed by atoms with Crippen molar-refractivity contribution in [2.45, 2.75) is 32.8 Å². The zero-order chi connectivity index (χ0) is 14.8. The second-order valence-corrected chi connectivity index (χ2v) is 6.69. The van der Waals surface area contributed by atoms with Gasteiger partial charge in [-0.25, -0.2) is 4.79 Å². The topological polar surface area (TPSA) is 58.6 Å². The fourth-order valence-electron chi connectivity index (χ4n) is 2.05. The molecule has 0 aliphatic carbocycles. The Hall–Kier alpha value is -1.56. The van der Waals surface area contributed by atoms with E-state index in [4.69, 9.17) is 4.74 Å². The first-order valence-electron chi connectivity index (χ1n) is 6.66. The maximum Gasteiger partial charge on any atom is 0.410 e. The van der Waals surface area contributed by atoms with Crippen molar-refractivity contribution in [3.63, 3.8) is 0 Å². The molecule has 1 aromatic rings. The molecule has 0 aromatic carbocycles. The molecule has 0 unspecified atom stereocenters. The molecule has 1 aliphatic rings. The Labute approximate surface area is 122 Å². The summed E-state index contributed by atoms with van der Waals surface area (Å²) in [6, 6.07) is 1.86. The summed E-state index contributed by atoms with van der Waals surface area (Å²) in [6.45, 7) is 6.49. The van der Waals surface area contributed by atoms with Crippen molar-refractivity contribution >= 4 is 29.0 Å². The number of amides is 2. The van der Waals surface area contributed by atoms with E-state index in [-0.39, 0.29) is 17.9 Å². The number of carbonyl (C=O) groups is 2. The van der Waals surface area contributed by atoms with E-state index in [2.05, 4.69) is 5.32 Å². The van der Waals surface area contributed by atoms with Crippen LogP contribution in [0.5, 0.6) is 0 Å². The molecule has 0 bridgehead atoms. The molecule has 1 atom stereocenters. The first-order chi connectivity index (χ1) is 9.35. The average molecular weight is 296 g/mol. The number of carbonyl (C=O) groups excluding carboxylic acids is 2. The number of hydrogen-bond acceptors (Lipinski definition) is 4. The van der Waals surface area contributed by atoms with E-state index in [1.165, 1.54) is 11.3 Å². The Kier molecular flexibility index (Phi) is 4.32. The molecule has 0 radical (unpaired) electrons. The first kappa shape index (κ1) is 14.8. The molecule has 1 fully saturated rings. The average Bonchev–Trinajstić information content (AvgIpc) is 2.96. The van der Waals surface area contributed by atoms with Gasteiger partial charge in [0, 0.05) is 18.5 Å². The number of nitrogens with one attached hydrogen (secondary N) is 1. The number of likely N-dealkylation sites (tertiary alicyclic amines) is 1. The van der Waals surface area contributed by atoms with Crippen LogP contribution in [0.1, 0.15) is 27.2 Å². The third-order valence-electron chi connectivity index (χ3n) is 3.00. The second-order valence-electron chi connectivity index (χ2n) is 5.91. The number of hydrogen-bond donors (Lipinski definition) is 1. The monoisotopic (exact) mass is 296 g/mol. The molecule has 2 amide bonds. The Morgan fingerprint density at radius 1 is 1.45 bits per heavy atom. The fraction of sp³-hybridized carbons (Fsp3) is 0.571. The molecular weight excluding hydrogens is 276 g/mol. The third kappa shape index (κ3) is 3.96. The summed E-state index contributed by atoms with van der Waals surface area (Å²) in [5.41, 5.74) is 0.310. The minimum absolute atomic E-state index is 0.0329. The predicted octanol–water partition coefficient (Wildman–Crippen LogP) is 2.94. The Bertz CT molecular complexity index is 479. The number of rotatable bonds is 2. The molecule has 1 aliphatic heterocycles. The number of anilines is 1. The van der Waals surface area contributed by atoms with E-state index >= 15 is 0 Å². The maximum absolute atomic E-state index is 12.1. The molecular formula is C14H20N2O3S. The van der Waals surface area contributed by atoms with E-state index in [1.54, 1.807) is 4.90 Å². The largest absolute Gasteiger partial charge is 0.444 e. The second kappa shape index (κ2) is 5.83. The quantitative estimate of drug-likeness (QED) is 0.913. The van der Waals surface area contributed by atoms with Crippen molar-refractivity contribution in [1.29, 1.82) is 0 Å². The van der Waals surface area contributed by atoms with E-state index in [0.717, 1.165) is 5.69 Å². The Morgan fingerprint density at radius 2 is 2.20 bits per heavy atom. The van der Waals surface area contributed by atoms with E-state index < -0.39 is 5.60 Å². The zero-order valence-corrected chi connectivity index (χ0v) is 12.8. The molecule has 2 rings (SSSR count). The van der Waals surface area contributed by atoms with Crippen LogP contribution in [0.25, 0.3) is 0 Å². The lowest BCUT2D eigenvalue weighted by Crippen LogP contribution is -2.36. The van der Waals surface area contributed by atoms with Crippen molar-refractivity contribution in [1.82, 2.24) is 4.90 Å². The SMILES string of the molecule is CC(C)(C)OC(=O)N1CC[C@@H](C(=O)Nc2ccsc2)C1. The third-order valence-corrected chi connectivity index (χ3v) is 3.68. The summed E-state index contributed by atoms with van der Waals surface area (Å²) < 4.78 is 5.31. The van der Waals surface area contributed by atoms with Gasteiger partial charge in [-0.2, -0.15) is 11.3 Å². The highest BCUT2D eigenvalue weighted by Crippen LogP contribution is 2.21. The van der Waals surface area contributed by atoms with Crippen LogP contribution in [0, 0.1) is 5.92 Å². The van der Waals surface area contributed by atoms with Crippen LogP contribution in [0.2, 0.25) is 0 Å². The first-order valence-corrected chi connectivity index (χ1v) is 7.60. The Morgan fingerprint density at radius 3 is 2.80 bits per heavy atom. The Balaban J connectivity index is 1.85. The van der Waals surface area contributed by atoms with Crippen LogP contribution in [0.3, 0.4) is 0 Å². The number of ether oxygens (including phenoxy) is 1. The maximum atomic E-state index is 12.1. The van der Waals surface area contributed by atoms with Gasteiger partial charge in [0.15, 0.2) is 0 Å². The van der Waals surface area contributed by atoms with Gasteiger partial charge in [0.1, 0.15) is 5.60 Å². The lowest BCUT2D eigenvalue weighted by atomic mass is 10.1. The molecule has 2 heterocycles. The number of thiophene rings is 1. The summed E-state index contributed by atoms with van der Waals surface area (Å²) in [7, 11) is 0. The fourth-order valence-corrected chi connectivity index (χ4v) is 2.63. The highest BCUT2D eigenvalue weighted by molar-refractivity contribution is 7.08. The standard InChI is InChI=1S/C14H20N2O3S/c1-14(2,3)19-13(18)16-6-4-10(8-16)12(17)15-11-5-7-20-9-11/h5,7,9-10H,4,6,8H2,1-3H3,(H,15,17)/t10-/m1/s1. The van der Waals surface area contributed by atoms with Gasteiger partial charge < -0.3 is 15.0 Å². The van der Waals surface area contributed by atoms with Crippen LogP contribution >= 0.6 is 11.3 Å². The van der Waals surface area contributed by atoms with Crippen LogP contribution in [0.4, 0.5) is 10.5 Å². The van der Waals surface area contributed by atoms with E-state index in [9.17, 15) is 9.59 Å². The van der Waals surface area contributed by atoms with Crippen molar-refractivity contribution < 1.29 is 14.3 Å². The van der Waals surface area contributed by atoms with Gasteiger partial charge in [0.2, 0.25) is 5.91 Å². The van der Waals surface area contributed by atoms with E-state index in [0.29, 0.717) is 19.5 Å². The van der Waals surface area contributed by atoms with Gasteiger partial charge >= 0.3 is 6.09 Å². The van der Waals surface area contributed by atoms with Crippen molar-refractivity contribution in [3.05, 3.63) is 16.8 Å². The van der Waals surface area contributed by atoms with Crippen LogP contribution in [-0.2, 0) is 9.53 Å². The van der Waals surface area contributed by atoms with Crippen molar-refractivity contribution in [3.8, 4) is 0 Å². The van der Waals surface area contributed by atoms with Crippen molar-refractivity contribution in [2.24, 2.45) is 5.92 Å². The molecule has 110 valence electrons. The molecule has 6 heteroatoms. The minimum atomic E-state index is -0.506. The van der Waals surface area contributed by atoms with Gasteiger partial charge in [0.25, 0.3) is 0 Å². The van der Waals surface area contributed by atoms with Crippen LogP contribution in [0.15, 0.2) is 16.8 Å². The van der Waals surface area contributed by atoms with Crippen molar-refractivity contribution in [2.75, 3.05) is 18.4 Å². The summed E-state index contributed by atoms with van der Waals surface area (Å²) in [5.74, 6) is -0.197. The normalized spacial score (nSPS) is 18.9. The minimum Gasteiger partial charge on any atom is -0.444 e. The van der Waals surface area contributed by atoms with Gasteiger partial charge in [-0.1, -0.05) is 0 Å². The van der Waals surface area contributed by atoms with Gasteiger partial charge in [0.05, 0.1) is 11.6 Å². The highest BCUT2D eigenvalue weighted by Gasteiger charge is 2.33. The molecule has 0 spiro atoms. The highest BCUT2D eigenvalue weighted by atomic mass is 32.1. The van der Waals surface area contributed by atoms with Crippen LogP contribution < -0.4 is 5.32 Å².